The first-order valence-corrected chi connectivity index (χ1v) is 11.0. The van der Waals surface area contributed by atoms with Gasteiger partial charge in [-0.1, -0.05) is 63.2 Å². The Morgan fingerprint density at radius 1 is 0.933 bits per heavy atom. The van der Waals surface area contributed by atoms with Crippen molar-refractivity contribution in [1.29, 1.82) is 0 Å². The SMILES string of the molecule is CC(C)(C)c1ccc(C(=O)CCCN2CCC(NC(=O)c3ccccc3)CC2)cc1. The fourth-order valence-corrected chi connectivity index (χ4v) is 3.92. The number of hydrogen-bond acceptors (Lipinski definition) is 3. The summed E-state index contributed by atoms with van der Waals surface area (Å²) in [5.74, 6) is 0.234. The lowest BCUT2D eigenvalue weighted by Gasteiger charge is -2.32. The van der Waals surface area contributed by atoms with E-state index in [4.69, 9.17) is 0 Å². The third-order valence-corrected chi connectivity index (χ3v) is 5.91. The van der Waals surface area contributed by atoms with Crippen LogP contribution < -0.4 is 5.32 Å². The molecule has 4 nitrogen and oxygen atoms in total. The topological polar surface area (TPSA) is 49.4 Å². The highest BCUT2D eigenvalue weighted by atomic mass is 16.1. The minimum Gasteiger partial charge on any atom is -0.349 e. The molecule has 4 heteroatoms. The van der Waals surface area contributed by atoms with Gasteiger partial charge in [0, 0.05) is 36.7 Å². The number of Topliss-reactive ketones (excluding diaryl/α,β-unsaturated/α-hetero) is 1. The number of ketones is 1. The van der Waals surface area contributed by atoms with Gasteiger partial charge in [-0.25, -0.2) is 0 Å². The Morgan fingerprint density at radius 3 is 2.17 bits per heavy atom. The number of nitrogens with zero attached hydrogens (tertiary/aromatic N) is 1. The lowest BCUT2D eigenvalue weighted by Crippen LogP contribution is -2.44. The third-order valence-electron chi connectivity index (χ3n) is 5.91. The summed E-state index contributed by atoms with van der Waals surface area (Å²) in [6.07, 6.45) is 3.38. The Labute approximate surface area is 180 Å². The van der Waals surface area contributed by atoms with Gasteiger partial charge in [-0.05, 0) is 48.9 Å². The first kappa shape index (κ1) is 22.2. The second kappa shape index (κ2) is 10.0. The number of nitrogens with one attached hydrogen (secondary N) is 1. The van der Waals surface area contributed by atoms with E-state index in [2.05, 4.69) is 43.1 Å². The molecule has 0 aliphatic carbocycles. The zero-order chi connectivity index (χ0) is 21.6. The number of carbonyl (C=O) groups is 2. The summed E-state index contributed by atoms with van der Waals surface area (Å²) < 4.78 is 0. The molecular weight excluding hydrogens is 372 g/mol. The van der Waals surface area contributed by atoms with Gasteiger partial charge in [0.05, 0.1) is 0 Å². The van der Waals surface area contributed by atoms with Crippen molar-refractivity contribution < 1.29 is 9.59 Å². The molecule has 1 aliphatic heterocycles. The van der Waals surface area contributed by atoms with Crippen LogP contribution in [0.25, 0.3) is 0 Å². The number of benzene rings is 2. The molecular formula is C26H34N2O2. The maximum Gasteiger partial charge on any atom is 0.251 e. The maximum atomic E-state index is 12.5. The second-order valence-corrected chi connectivity index (χ2v) is 9.31. The maximum absolute atomic E-state index is 12.5. The molecule has 0 atom stereocenters. The van der Waals surface area contributed by atoms with E-state index in [1.54, 1.807) is 0 Å². The quantitative estimate of drug-likeness (QED) is 0.669. The average Bonchev–Trinajstić information content (AvgIpc) is 2.75. The lowest BCUT2D eigenvalue weighted by molar-refractivity contribution is 0.0903. The van der Waals surface area contributed by atoms with Gasteiger partial charge in [-0.15, -0.1) is 0 Å². The average molecular weight is 407 g/mol. The van der Waals surface area contributed by atoms with Crippen molar-refractivity contribution >= 4 is 11.7 Å². The smallest absolute Gasteiger partial charge is 0.251 e. The van der Waals surface area contributed by atoms with Crippen molar-refractivity contribution in [3.8, 4) is 0 Å². The van der Waals surface area contributed by atoms with Gasteiger partial charge in [-0.3, -0.25) is 9.59 Å². The molecule has 0 spiro atoms. The first-order valence-electron chi connectivity index (χ1n) is 11.0. The van der Waals surface area contributed by atoms with E-state index in [9.17, 15) is 9.59 Å². The van der Waals surface area contributed by atoms with Gasteiger partial charge < -0.3 is 10.2 Å². The summed E-state index contributed by atoms with van der Waals surface area (Å²) in [5.41, 5.74) is 2.88. The minimum absolute atomic E-state index is 0.0112. The van der Waals surface area contributed by atoms with Crippen LogP contribution in [0.4, 0.5) is 0 Å². The molecule has 0 saturated carbocycles. The number of piperidine rings is 1. The molecule has 2 aromatic carbocycles. The number of carbonyl (C=O) groups excluding carboxylic acids is 2. The summed E-state index contributed by atoms with van der Waals surface area (Å²) in [5, 5.41) is 3.15. The van der Waals surface area contributed by atoms with Crippen LogP contribution in [0.3, 0.4) is 0 Å². The van der Waals surface area contributed by atoms with E-state index in [-0.39, 0.29) is 23.1 Å². The van der Waals surface area contributed by atoms with Gasteiger partial charge in [-0.2, -0.15) is 0 Å². The first-order chi connectivity index (χ1) is 14.3. The molecule has 3 rings (SSSR count). The summed E-state index contributed by atoms with van der Waals surface area (Å²) in [7, 11) is 0. The third kappa shape index (κ3) is 6.27. The van der Waals surface area contributed by atoms with Crippen molar-refractivity contribution in [2.45, 2.75) is 57.9 Å². The minimum atomic E-state index is 0.0112. The second-order valence-electron chi connectivity index (χ2n) is 9.31. The fraction of sp³-hybridized carbons (Fsp3) is 0.462. The van der Waals surface area contributed by atoms with Crippen LogP contribution in [0.5, 0.6) is 0 Å². The number of likely N-dealkylation sites (tertiary alicyclic amines) is 1. The van der Waals surface area contributed by atoms with E-state index >= 15 is 0 Å². The van der Waals surface area contributed by atoms with Gasteiger partial charge in [0.15, 0.2) is 5.78 Å². The molecule has 0 bridgehead atoms. The Hall–Kier alpha value is -2.46. The molecule has 1 N–H and O–H groups in total. The highest BCUT2D eigenvalue weighted by molar-refractivity contribution is 5.96. The van der Waals surface area contributed by atoms with Crippen LogP contribution in [0.1, 0.15) is 72.7 Å². The van der Waals surface area contributed by atoms with Gasteiger partial charge in [0.1, 0.15) is 0 Å². The summed E-state index contributed by atoms with van der Waals surface area (Å²) >= 11 is 0. The van der Waals surface area contributed by atoms with Crippen molar-refractivity contribution in [3.05, 3.63) is 71.3 Å². The standard InChI is InChI=1S/C26H34N2O2/c1-26(2,3)22-13-11-20(12-14-22)24(29)10-7-17-28-18-15-23(16-19-28)27-25(30)21-8-5-4-6-9-21/h4-6,8-9,11-14,23H,7,10,15-19H2,1-3H3,(H,27,30). The van der Waals surface area contributed by atoms with E-state index < -0.39 is 0 Å². The largest absolute Gasteiger partial charge is 0.349 e. The Morgan fingerprint density at radius 2 is 1.57 bits per heavy atom. The highest BCUT2D eigenvalue weighted by Crippen LogP contribution is 2.22. The van der Waals surface area contributed by atoms with Gasteiger partial charge >= 0.3 is 0 Å². The van der Waals surface area contributed by atoms with Crippen LogP contribution in [0.15, 0.2) is 54.6 Å². The van der Waals surface area contributed by atoms with Crippen molar-refractivity contribution in [2.24, 2.45) is 0 Å². The molecule has 1 amide bonds. The molecule has 1 heterocycles. The molecule has 1 aliphatic rings. The van der Waals surface area contributed by atoms with Crippen molar-refractivity contribution in [1.82, 2.24) is 10.2 Å². The van der Waals surface area contributed by atoms with Crippen LogP contribution in [0.2, 0.25) is 0 Å². The van der Waals surface area contributed by atoms with Crippen LogP contribution in [0, 0.1) is 0 Å². The van der Waals surface area contributed by atoms with Crippen LogP contribution >= 0.6 is 0 Å². The number of rotatable bonds is 7. The monoisotopic (exact) mass is 406 g/mol. The predicted molar refractivity (Wildman–Crippen MR) is 122 cm³/mol. The molecule has 30 heavy (non-hydrogen) atoms. The fourth-order valence-electron chi connectivity index (χ4n) is 3.92. The normalized spacial score (nSPS) is 15.7. The Kier molecular flexibility index (Phi) is 7.43. The molecule has 0 radical (unpaired) electrons. The van der Waals surface area contributed by atoms with Crippen LogP contribution in [-0.2, 0) is 5.41 Å². The van der Waals surface area contributed by atoms with E-state index in [0.717, 1.165) is 44.5 Å². The Balaban J connectivity index is 1.36. The van der Waals surface area contributed by atoms with Gasteiger partial charge in [0.2, 0.25) is 0 Å². The molecule has 0 unspecified atom stereocenters. The number of hydrogen-bond donors (Lipinski definition) is 1. The lowest BCUT2D eigenvalue weighted by atomic mass is 9.86. The zero-order valence-corrected chi connectivity index (χ0v) is 18.5. The zero-order valence-electron chi connectivity index (χ0n) is 18.5. The molecule has 0 aromatic heterocycles. The van der Waals surface area contributed by atoms with Crippen LogP contribution in [-0.4, -0.2) is 42.3 Å². The highest BCUT2D eigenvalue weighted by Gasteiger charge is 2.21. The summed E-state index contributed by atoms with van der Waals surface area (Å²) in [6.45, 7) is 9.41. The summed E-state index contributed by atoms with van der Waals surface area (Å²) in [6, 6.07) is 17.7. The summed E-state index contributed by atoms with van der Waals surface area (Å²) in [4.78, 5) is 27.2. The van der Waals surface area contributed by atoms with Crippen molar-refractivity contribution in [3.63, 3.8) is 0 Å². The number of amides is 1. The van der Waals surface area contributed by atoms with E-state index in [1.165, 1.54) is 5.56 Å². The Bertz CT molecular complexity index is 830. The van der Waals surface area contributed by atoms with Crippen molar-refractivity contribution in [2.75, 3.05) is 19.6 Å². The molecule has 2 aromatic rings. The predicted octanol–water partition coefficient (Wildman–Crippen LogP) is 4.84. The van der Waals surface area contributed by atoms with E-state index in [0.29, 0.717) is 12.0 Å². The molecule has 160 valence electrons. The van der Waals surface area contributed by atoms with Gasteiger partial charge in [0.25, 0.3) is 5.91 Å². The van der Waals surface area contributed by atoms with E-state index in [1.807, 2.05) is 42.5 Å². The molecule has 1 saturated heterocycles. The molecule has 1 fully saturated rings.